The van der Waals surface area contributed by atoms with Gasteiger partial charge >= 0.3 is 0 Å². The average molecular weight is 564 g/mol. The van der Waals surface area contributed by atoms with Gasteiger partial charge < -0.3 is 4.90 Å². The van der Waals surface area contributed by atoms with Gasteiger partial charge in [0, 0.05) is 33.7 Å². The van der Waals surface area contributed by atoms with Crippen LogP contribution in [0.5, 0.6) is 0 Å². The average Bonchev–Trinajstić information content (AvgIpc) is 3.51. The van der Waals surface area contributed by atoms with E-state index >= 15 is 0 Å². The number of fused-ring (bicyclic) bond motifs is 3. The van der Waals surface area contributed by atoms with Gasteiger partial charge in [-0.05, 0) is 71.1 Å². The quantitative estimate of drug-likeness (QED) is 0.201. The maximum Gasteiger partial charge on any atom is 0.145 e. The summed E-state index contributed by atoms with van der Waals surface area (Å²) in [6, 6.07) is 61.9. The molecule has 7 aromatic carbocycles. The van der Waals surface area contributed by atoms with Crippen molar-refractivity contribution >= 4 is 38.9 Å². The van der Waals surface area contributed by atoms with E-state index < -0.39 is 0 Å². The molecule has 0 radical (unpaired) electrons. The Morgan fingerprint density at radius 2 is 0.909 bits per heavy atom. The lowest BCUT2D eigenvalue weighted by molar-refractivity contribution is 1.10. The summed E-state index contributed by atoms with van der Waals surface area (Å²) in [6.07, 6.45) is 0. The number of para-hydroxylation sites is 3. The van der Waals surface area contributed by atoms with E-state index in [2.05, 4.69) is 185 Å². The number of nitrogens with zero attached hydrogens (tertiary/aromatic N) is 3. The van der Waals surface area contributed by atoms with Gasteiger partial charge in [0.25, 0.3) is 0 Å². The molecule has 0 bridgehead atoms. The molecule has 1 aromatic heterocycles. The molecule has 0 saturated carbocycles. The van der Waals surface area contributed by atoms with E-state index in [9.17, 15) is 0 Å². The topological polar surface area (TPSA) is 21.1 Å². The van der Waals surface area contributed by atoms with Gasteiger partial charge in [-0.3, -0.25) is 4.57 Å². The van der Waals surface area contributed by atoms with Crippen LogP contribution in [0.1, 0.15) is 0 Å². The molecule has 0 fully saturated rings. The fourth-order valence-corrected chi connectivity index (χ4v) is 6.06. The van der Waals surface area contributed by atoms with E-state index in [4.69, 9.17) is 4.98 Å². The lowest BCUT2D eigenvalue weighted by atomic mass is 10.0. The largest absolute Gasteiger partial charge is 0.311 e. The number of hydrogen-bond acceptors (Lipinski definition) is 2. The van der Waals surface area contributed by atoms with Crippen LogP contribution < -0.4 is 4.90 Å². The zero-order chi connectivity index (χ0) is 29.3. The van der Waals surface area contributed by atoms with Crippen LogP contribution in [0, 0.1) is 0 Å². The fraction of sp³-hybridized carbons (Fsp3) is 0. The second-order valence-corrected chi connectivity index (χ2v) is 10.9. The number of anilines is 3. The number of imidazole rings is 1. The first-order valence-corrected chi connectivity index (χ1v) is 14.9. The summed E-state index contributed by atoms with van der Waals surface area (Å²) in [5, 5.41) is 2.36. The Bertz CT molecular complexity index is 2140. The SMILES string of the molecule is c1ccc(N(c2ccccc2)c2ccc(-c3ccc(-c4nc5c6ccccc6ccc5n4-c4ccccc4)cc3)cc2)cc1. The summed E-state index contributed by atoms with van der Waals surface area (Å²) < 4.78 is 2.27. The molecule has 208 valence electrons. The monoisotopic (exact) mass is 563 g/mol. The second-order valence-electron chi connectivity index (χ2n) is 10.9. The third kappa shape index (κ3) is 4.61. The second kappa shape index (κ2) is 11.0. The molecule has 0 amide bonds. The van der Waals surface area contributed by atoms with Crippen LogP contribution in [-0.2, 0) is 0 Å². The molecule has 0 aliphatic carbocycles. The Labute approximate surface area is 256 Å². The van der Waals surface area contributed by atoms with Gasteiger partial charge in [-0.25, -0.2) is 4.98 Å². The first-order valence-electron chi connectivity index (χ1n) is 14.9. The molecule has 0 aliphatic rings. The molecule has 0 saturated heterocycles. The summed E-state index contributed by atoms with van der Waals surface area (Å²) in [6.45, 7) is 0. The van der Waals surface area contributed by atoms with Gasteiger partial charge in [-0.15, -0.1) is 0 Å². The van der Waals surface area contributed by atoms with Crippen LogP contribution in [0.3, 0.4) is 0 Å². The van der Waals surface area contributed by atoms with Gasteiger partial charge in [-0.1, -0.05) is 121 Å². The van der Waals surface area contributed by atoms with Crippen LogP contribution >= 0.6 is 0 Å². The van der Waals surface area contributed by atoms with Crippen molar-refractivity contribution < 1.29 is 0 Å². The van der Waals surface area contributed by atoms with Crippen molar-refractivity contribution in [1.82, 2.24) is 9.55 Å². The number of aromatic nitrogens is 2. The smallest absolute Gasteiger partial charge is 0.145 e. The van der Waals surface area contributed by atoms with E-state index in [-0.39, 0.29) is 0 Å². The lowest BCUT2D eigenvalue weighted by Gasteiger charge is -2.25. The molecule has 0 atom stereocenters. The summed E-state index contributed by atoms with van der Waals surface area (Å²) in [5.41, 5.74) is 10.0. The third-order valence-corrected chi connectivity index (χ3v) is 8.19. The van der Waals surface area contributed by atoms with Crippen LogP contribution in [0.15, 0.2) is 176 Å². The Balaban J connectivity index is 1.17. The molecule has 3 nitrogen and oxygen atoms in total. The van der Waals surface area contributed by atoms with Crippen LogP contribution in [-0.4, -0.2) is 9.55 Å². The van der Waals surface area contributed by atoms with E-state index in [1.54, 1.807) is 0 Å². The van der Waals surface area contributed by atoms with E-state index in [1.807, 2.05) is 0 Å². The van der Waals surface area contributed by atoms with Gasteiger partial charge in [-0.2, -0.15) is 0 Å². The molecular formula is C41H29N3. The van der Waals surface area contributed by atoms with Crippen LogP contribution in [0.2, 0.25) is 0 Å². The highest BCUT2D eigenvalue weighted by molar-refractivity contribution is 6.06. The van der Waals surface area contributed by atoms with Crippen LogP contribution in [0.25, 0.3) is 50.0 Å². The summed E-state index contributed by atoms with van der Waals surface area (Å²) in [4.78, 5) is 7.52. The van der Waals surface area contributed by atoms with Crippen molar-refractivity contribution in [3.8, 4) is 28.2 Å². The summed E-state index contributed by atoms with van der Waals surface area (Å²) in [5.74, 6) is 0.936. The molecule has 0 unspecified atom stereocenters. The van der Waals surface area contributed by atoms with Crippen molar-refractivity contribution in [2.24, 2.45) is 0 Å². The molecule has 0 aliphatic heterocycles. The number of benzene rings is 7. The molecule has 0 spiro atoms. The van der Waals surface area contributed by atoms with E-state index in [1.165, 1.54) is 16.5 Å². The molecule has 8 aromatic rings. The maximum atomic E-state index is 5.24. The van der Waals surface area contributed by atoms with E-state index in [0.29, 0.717) is 0 Å². The predicted octanol–water partition coefficient (Wildman–Crippen LogP) is 11.0. The fourth-order valence-electron chi connectivity index (χ4n) is 6.06. The van der Waals surface area contributed by atoms with Crippen molar-refractivity contribution in [3.63, 3.8) is 0 Å². The van der Waals surface area contributed by atoms with Crippen LogP contribution in [0.4, 0.5) is 17.1 Å². The molecule has 44 heavy (non-hydrogen) atoms. The van der Waals surface area contributed by atoms with Gasteiger partial charge in [0.1, 0.15) is 5.82 Å². The number of rotatable bonds is 6. The Morgan fingerprint density at radius 1 is 0.409 bits per heavy atom. The highest BCUT2D eigenvalue weighted by Crippen LogP contribution is 2.36. The Morgan fingerprint density at radius 3 is 1.55 bits per heavy atom. The molecule has 8 rings (SSSR count). The normalized spacial score (nSPS) is 11.2. The third-order valence-electron chi connectivity index (χ3n) is 8.19. The van der Waals surface area contributed by atoms with Crippen molar-refractivity contribution in [3.05, 3.63) is 176 Å². The van der Waals surface area contributed by atoms with Crippen molar-refractivity contribution in [2.45, 2.75) is 0 Å². The van der Waals surface area contributed by atoms with Gasteiger partial charge in [0.2, 0.25) is 0 Å². The summed E-state index contributed by atoms with van der Waals surface area (Å²) in [7, 11) is 0. The molecule has 0 N–H and O–H groups in total. The summed E-state index contributed by atoms with van der Waals surface area (Å²) >= 11 is 0. The van der Waals surface area contributed by atoms with Crippen molar-refractivity contribution in [2.75, 3.05) is 4.90 Å². The highest BCUT2D eigenvalue weighted by atomic mass is 15.1. The minimum absolute atomic E-state index is 0.936. The van der Waals surface area contributed by atoms with E-state index in [0.717, 1.165) is 50.6 Å². The zero-order valence-electron chi connectivity index (χ0n) is 24.1. The molecule has 3 heteroatoms. The number of hydrogen-bond donors (Lipinski definition) is 0. The first-order chi connectivity index (χ1) is 21.8. The molecule has 1 heterocycles. The standard InChI is InChI=1S/C41H29N3/c1-4-13-34(14-5-1)43(35-15-6-2-7-16-35)37-27-24-31(25-28-37)30-20-22-33(23-21-30)41-42-40-38-19-11-10-12-32(38)26-29-39(40)44(41)36-17-8-3-9-18-36/h1-29H. The van der Waals surface area contributed by atoms with Crippen molar-refractivity contribution in [1.29, 1.82) is 0 Å². The highest BCUT2D eigenvalue weighted by Gasteiger charge is 2.17. The molecular weight excluding hydrogens is 534 g/mol. The minimum atomic E-state index is 0.936. The van der Waals surface area contributed by atoms with Gasteiger partial charge in [0.05, 0.1) is 11.0 Å². The Kier molecular flexibility index (Phi) is 6.47. The predicted molar refractivity (Wildman–Crippen MR) is 184 cm³/mol. The lowest BCUT2D eigenvalue weighted by Crippen LogP contribution is -2.09. The maximum absolute atomic E-state index is 5.24. The minimum Gasteiger partial charge on any atom is -0.311 e. The Hall–Kier alpha value is -5.93. The van der Waals surface area contributed by atoms with Gasteiger partial charge in [0.15, 0.2) is 0 Å². The first kappa shape index (κ1) is 25.8. The zero-order valence-corrected chi connectivity index (χ0v) is 24.1.